The molecule has 2 aromatic rings. The molecule has 1 fully saturated rings. The Morgan fingerprint density at radius 1 is 1.32 bits per heavy atom. The number of carbonyl (C=O) groups excluding carboxylic acids is 1. The summed E-state index contributed by atoms with van der Waals surface area (Å²) < 4.78 is 39.2. The van der Waals surface area contributed by atoms with Gasteiger partial charge in [-0.1, -0.05) is 24.2 Å². The van der Waals surface area contributed by atoms with E-state index >= 15 is 0 Å². The first-order chi connectivity index (χ1) is 15.9. The molecule has 1 aromatic heterocycles. The van der Waals surface area contributed by atoms with Crippen molar-refractivity contribution in [3.63, 3.8) is 0 Å². The summed E-state index contributed by atoms with van der Waals surface area (Å²) in [4.78, 5) is 29.8. The van der Waals surface area contributed by atoms with E-state index < -0.39 is 33.1 Å². The molecule has 1 aromatic carbocycles. The Kier molecular flexibility index (Phi) is 8.25. The van der Waals surface area contributed by atoms with E-state index in [1.54, 1.807) is 20.0 Å². The number of hydrogen-bond donors (Lipinski definition) is 2. The Labute approximate surface area is 206 Å². The van der Waals surface area contributed by atoms with Crippen LogP contribution in [0.5, 0.6) is 0 Å². The number of thioether (sulfide) groups is 1. The van der Waals surface area contributed by atoms with Crippen molar-refractivity contribution < 1.29 is 27.5 Å². The molecule has 3 rings (SSSR count). The summed E-state index contributed by atoms with van der Waals surface area (Å²) in [6.07, 6.45) is 6.53. The molecule has 0 radical (unpaired) electrons. The molecule has 1 heterocycles. The number of carbonyl (C=O) groups is 2. The summed E-state index contributed by atoms with van der Waals surface area (Å²) in [6, 6.07) is 2.99. The van der Waals surface area contributed by atoms with E-state index in [9.17, 15) is 27.5 Å². The number of carboxylic acid groups (broad SMARTS) is 1. The largest absolute Gasteiger partial charge is 0.481 e. The fraction of sp³-hybridized carbons (Fsp3) is 0.500. The molecule has 12 heteroatoms. The number of aromatic nitrogens is 1. The molecule has 186 valence electrons. The van der Waals surface area contributed by atoms with Gasteiger partial charge in [-0.3, -0.25) is 15.0 Å². The minimum Gasteiger partial charge on any atom is -0.481 e. The lowest BCUT2D eigenvalue weighted by atomic mass is 9.97. The second kappa shape index (κ2) is 10.6. The number of carboxylic acids is 1. The van der Waals surface area contributed by atoms with Crippen molar-refractivity contribution in [1.82, 2.24) is 4.98 Å². The van der Waals surface area contributed by atoms with Crippen LogP contribution in [0.3, 0.4) is 0 Å². The molecule has 1 aliphatic rings. The summed E-state index contributed by atoms with van der Waals surface area (Å²) in [6.45, 7) is 3.58. The number of anilines is 2. The van der Waals surface area contributed by atoms with Crippen LogP contribution in [0.1, 0.15) is 39.5 Å². The van der Waals surface area contributed by atoms with Crippen LogP contribution in [0.4, 0.5) is 20.0 Å². The fourth-order valence-electron chi connectivity index (χ4n) is 3.54. The lowest BCUT2D eigenvalue weighted by molar-refractivity contribution is -0.145. The van der Waals surface area contributed by atoms with Crippen LogP contribution < -0.4 is 10.2 Å². The number of halogens is 1. The third-order valence-corrected chi connectivity index (χ3v) is 9.33. The molecule has 0 atom stereocenters. The number of sulfone groups is 1. The van der Waals surface area contributed by atoms with Crippen LogP contribution in [0.25, 0.3) is 0 Å². The van der Waals surface area contributed by atoms with Crippen molar-refractivity contribution in [2.75, 3.05) is 28.8 Å². The van der Waals surface area contributed by atoms with E-state index in [0.717, 1.165) is 42.2 Å². The van der Waals surface area contributed by atoms with Gasteiger partial charge in [0.2, 0.25) is 0 Å². The monoisotopic (exact) mass is 529 g/mol. The number of aliphatic carboxylic acids is 1. The van der Waals surface area contributed by atoms with Gasteiger partial charge in [-0.05, 0) is 50.8 Å². The number of benzene rings is 1. The van der Waals surface area contributed by atoms with Crippen molar-refractivity contribution in [2.24, 2.45) is 11.3 Å². The molecule has 0 aliphatic heterocycles. The van der Waals surface area contributed by atoms with Gasteiger partial charge >= 0.3 is 12.0 Å². The van der Waals surface area contributed by atoms with Crippen LogP contribution >= 0.6 is 23.1 Å². The van der Waals surface area contributed by atoms with Crippen LogP contribution in [-0.2, 0) is 14.6 Å². The third kappa shape index (κ3) is 6.70. The highest BCUT2D eigenvalue weighted by Crippen LogP contribution is 2.34. The lowest BCUT2D eigenvalue weighted by Gasteiger charge is -2.26. The first kappa shape index (κ1) is 26.4. The van der Waals surface area contributed by atoms with Crippen molar-refractivity contribution in [1.29, 1.82) is 0 Å². The standard InChI is InChI=1S/C22H28FN3O5S3/c1-22(2,19(27)28)13-32-18-11-24-20(33-18)25-21(29)26(12-14-6-4-5-7-14)17-9-8-15(10-16(17)23)34(3,30)31/h8-11,14H,4-7,12-13H2,1-3H3,(H,27,28)(H,24,25,29). The van der Waals surface area contributed by atoms with Crippen LogP contribution in [0.15, 0.2) is 33.5 Å². The van der Waals surface area contributed by atoms with E-state index in [0.29, 0.717) is 17.4 Å². The van der Waals surface area contributed by atoms with Gasteiger partial charge in [-0.15, -0.1) is 11.8 Å². The minimum absolute atomic E-state index is 0.00571. The third-order valence-electron chi connectivity index (χ3n) is 5.65. The Hall–Kier alpha value is -2.18. The highest BCUT2D eigenvalue weighted by atomic mass is 32.2. The Morgan fingerprint density at radius 2 is 2.00 bits per heavy atom. The molecule has 1 saturated carbocycles. The van der Waals surface area contributed by atoms with Gasteiger partial charge < -0.3 is 5.11 Å². The lowest BCUT2D eigenvalue weighted by Crippen LogP contribution is -2.38. The summed E-state index contributed by atoms with van der Waals surface area (Å²) in [5.74, 6) is -1.13. The predicted molar refractivity (Wildman–Crippen MR) is 132 cm³/mol. The number of hydrogen-bond acceptors (Lipinski definition) is 7. The van der Waals surface area contributed by atoms with Gasteiger partial charge in [0.1, 0.15) is 5.82 Å². The molecule has 0 saturated heterocycles. The van der Waals surface area contributed by atoms with Crippen molar-refractivity contribution in [3.8, 4) is 0 Å². The van der Waals surface area contributed by atoms with Crippen molar-refractivity contribution in [3.05, 3.63) is 30.2 Å². The van der Waals surface area contributed by atoms with Crippen LogP contribution in [0.2, 0.25) is 0 Å². The fourth-order valence-corrected chi connectivity index (χ4v) is 6.11. The quantitative estimate of drug-likeness (QED) is 0.433. The number of urea groups is 1. The molecule has 34 heavy (non-hydrogen) atoms. The molecule has 2 N–H and O–H groups in total. The zero-order chi connectivity index (χ0) is 25.1. The molecule has 2 amide bonds. The second-order valence-corrected chi connectivity index (χ2v) is 13.4. The molecule has 8 nitrogen and oxygen atoms in total. The first-order valence-corrected chi connectivity index (χ1v) is 14.5. The van der Waals surface area contributed by atoms with Crippen LogP contribution in [0, 0.1) is 17.2 Å². The maximum Gasteiger partial charge on any atom is 0.328 e. The summed E-state index contributed by atoms with van der Waals surface area (Å²) >= 11 is 2.54. The summed E-state index contributed by atoms with van der Waals surface area (Å²) in [7, 11) is -3.58. The number of rotatable bonds is 9. The van der Waals surface area contributed by atoms with Gasteiger partial charge in [-0.25, -0.2) is 22.6 Å². The van der Waals surface area contributed by atoms with E-state index in [1.807, 2.05) is 0 Å². The molecule has 0 spiro atoms. The number of nitrogens with one attached hydrogen (secondary N) is 1. The Bertz CT molecular complexity index is 1160. The van der Waals surface area contributed by atoms with Gasteiger partial charge in [-0.2, -0.15) is 0 Å². The highest BCUT2D eigenvalue weighted by Gasteiger charge is 2.29. The zero-order valence-corrected chi connectivity index (χ0v) is 21.7. The summed E-state index contributed by atoms with van der Waals surface area (Å²) in [5, 5.41) is 12.3. The van der Waals surface area contributed by atoms with Crippen LogP contribution in [-0.4, -0.2) is 49.1 Å². The zero-order valence-electron chi connectivity index (χ0n) is 19.2. The molecular formula is C22H28FN3O5S3. The Balaban J connectivity index is 1.78. The topological polar surface area (TPSA) is 117 Å². The second-order valence-electron chi connectivity index (χ2n) is 9.04. The van der Waals surface area contributed by atoms with Gasteiger partial charge in [0.05, 0.1) is 26.4 Å². The van der Waals surface area contributed by atoms with Gasteiger partial charge in [0.15, 0.2) is 15.0 Å². The average Bonchev–Trinajstić information content (AvgIpc) is 3.42. The van der Waals surface area contributed by atoms with Crippen molar-refractivity contribution in [2.45, 2.75) is 48.6 Å². The maximum absolute atomic E-state index is 14.9. The van der Waals surface area contributed by atoms with E-state index in [4.69, 9.17) is 0 Å². The smallest absolute Gasteiger partial charge is 0.328 e. The summed E-state index contributed by atoms with van der Waals surface area (Å²) in [5.41, 5.74) is -0.905. The van der Waals surface area contributed by atoms with E-state index in [-0.39, 0.29) is 16.5 Å². The SMILES string of the molecule is CC(C)(CSc1cnc(NC(=O)N(CC2CCCC2)c2ccc(S(C)(=O)=O)cc2F)s1)C(=O)O. The molecule has 0 unspecified atom stereocenters. The predicted octanol–water partition coefficient (Wildman–Crippen LogP) is 5.12. The normalized spacial score (nSPS) is 14.8. The van der Waals surface area contributed by atoms with Gasteiger partial charge in [0.25, 0.3) is 0 Å². The number of nitrogens with zero attached hydrogens (tertiary/aromatic N) is 2. The maximum atomic E-state index is 14.9. The number of thiazole rings is 1. The number of amides is 2. The first-order valence-electron chi connectivity index (χ1n) is 10.8. The highest BCUT2D eigenvalue weighted by molar-refractivity contribution is 8.01. The minimum atomic E-state index is -3.58. The molecule has 0 bridgehead atoms. The van der Waals surface area contributed by atoms with Gasteiger partial charge in [0, 0.05) is 18.6 Å². The van der Waals surface area contributed by atoms with E-state index in [1.165, 1.54) is 40.1 Å². The molecular weight excluding hydrogens is 501 g/mol. The average molecular weight is 530 g/mol. The van der Waals surface area contributed by atoms with E-state index in [2.05, 4.69) is 10.3 Å². The van der Waals surface area contributed by atoms with Crippen molar-refractivity contribution >= 4 is 55.8 Å². The Morgan fingerprint density at radius 3 is 2.59 bits per heavy atom. The molecule has 1 aliphatic carbocycles.